The average molecular weight is 210 g/mol. The second kappa shape index (κ2) is 5.09. The molecule has 1 aromatic rings. The minimum atomic E-state index is -0.795. The molecule has 0 aliphatic heterocycles. The largest absolute Gasteiger partial charge is 0.390 e. The predicted molar refractivity (Wildman–Crippen MR) is 59.2 cm³/mol. The smallest absolute Gasteiger partial charge is 0.126 e. The summed E-state index contributed by atoms with van der Waals surface area (Å²) in [6.07, 6.45) is 0.407. The van der Waals surface area contributed by atoms with E-state index in [0.29, 0.717) is 12.2 Å². The fourth-order valence-corrected chi connectivity index (χ4v) is 1.41. The number of nitrogens with two attached hydrogens (primary N) is 1. The number of aromatic nitrogens is 1. The zero-order chi connectivity index (χ0) is 11.4. The van der Waals surface area contributed by atoms with Gasteiger partial charge in [-0.1, -0.05) is 19.9 Å². The molecule has 1 rings (SSSR count). The van der Waals surface area contributed by atoms with Crippen molar-refractivity contribution in [3.05, 3.63) is 23.9 Å². The number of nitrogens with zero attached hydrogens (tertiary/aromatic N) is 1. The second-order valence-electron chi connectivity index (χ2n) is 4.05. The lowest BCUT2D eigenvalue weighted by atomic mass is 9.97. The Morgan fingerprint density at radius 1 is 1.40 bits per heavy atom. The molecular formula is C11H18N2O2. The number of rotatable bonds is 4. The monoisotopic (exact) mass is 210 g/mol. The van der Waals surface area contributed by atoms with Crippen LogP contribution in [0, 0.1) is 5.92 Å². The van der Waals surface area contributed by atoms with Crippen LogP contribution in [0.5, 0.6) is 0 Å². The van der Waals surface area contributed by atoms with Crippen LogP contribution in [-0.2, 0) is 6.42 Å². The van der Waals surface area contributed by atoms with Gasteiger partial charge in [-0.05, 0) is 17.5 Å². The van der Waals surface area contributed by atoms with Crippen molar-refractivity contribution in [3.8, 4) is 0 Å². The zero-order valence-electron chi connectivity index (χ0n) is 9.09. The topological polar surface area (TPSA) is 79.4 Å². The summed E-state index contributed by atoms with van der Waals surface area (Å²) in [5.41, 5.74) is 6.41. The Kier molecular flexibility index (Phi) is 4.05. The Labute approximate surface area is 89.8 Å². The number of hydrogen-bond donors (Lipinski definition) is 3. The Hall–Kier alpha value is -1.13. The van der Waals surface area contributed by atoms with Crippen molar-refractivity contribution in [1.82, 2.24) is 4.98 Å². The van der Waals surface area contributed by atoms with E-state index in [1.165, 1.54) is 0 Å². The summed E-state index contributed by atoms with van der Waals surface area (Å²) in [7, 11) is 0. The lowest BCUT2D eigenvalue weighted by Crippen LogP contribution is -2.32. The first kappa shape index (κ1) is 11.9. The van der Waals surface area contributed by atoms with Crippen molar-refractivity contribution in [2.45, 2.75) is 32.5 Å². The first-order chi connectivity index (χ1) is 7.02. The number of aliphatic hydroxyl groups excluding tert-OH is 2. The Balaban J connectivity index is 2.66. The quantitative estimate of drug-likeness (QED) is 0.679. The van der Waals surface area contributed by atoms with Crippen molar-refractivity contribution < 1.29 is 10.2 Å². The third-order valence-electron chi connectivity index (χ3n) is 2.43. The summed E-state index contributed by atoms with van der Waals surface area (Å²) in [5.74, 6) is 0.436. The molecule has 4 nitrogen and oxygen atoms in total. The molecule has 0 spiro atoms. The van der Waals surface area contributed by atoms with E-state index in [1.807, 2.05) is 13.8 Å². The van der Waals surface area contributed by atoms with E-state index in [-0.39, 0.29) is 5.92 Å². The molecule has 0 bridgehead atoms. The van der Waals surface area contributed by atoms with Crippen molar-refractivity contribution in [2.75, 3.05) is 5.73 Å². The van der Waals surface area contributed by atoms with Gasteiger partial charge in [0.2, 0.25) is 0 Å². The maximum absolute atomic E-state index is 9.73. The van der Waals surface area contributed by atoms with Gasteiger partial charge in [0.1, 0.15) is 5.82 Å². The second-order valence-corrected chi connectivity index (χ2v) is 4.05. The van der Waals surface area contributed by atoms with Crippen LogP contribution in [-0.4, -0.2) is 27.4 Å². The van der Waals surface area contributed by atoms with Crippen LogP contribution in [0.15, 0.2) is 18.3 Å². The Bertz CT molecular complexity index is 315. The van der Waals surface area contributed by atoms with Crippen LogP contribution in [0.2, 0.25) is 0 Å². The van der Waals surface area contributed by atoms with Crippen LogP contribution in [0.1, 0.15) is 19.4 Å². The van der Waals surface area contributed by atoms with Gasteiger partial charge in [-0.15, -0.1) is 0 Å². The van der Waals surface area contributed by atoms with Gasteiger partial charge in [0, 0.05) is 12.6 Å². The van der Waals surface area contributed by atoms with E-state index < -0.39 is 12.2 Å². The summed E-state index contributed by atoms with van der Waals surface area (Å²) < 4.78 is 0. The Morgan fingerprint density at radius 3 is 2.60 bits per heavy atom. The van der Waals surface area contributed by atoms with Gasteiger partial charge in [-0.2, -0.15) is 0 Å². The lowest BCUT2D eigenvalue weighted by molar-refractivity contribution is -0.00726. The normalized spacial score (nSPS) is 15.3. The van der Waals surface area contributed by atoms with Gasteiger partial charge in [0.25, 0.3) is 0 Å². The highest BCUT2D eigenvalue weighted by Gasteiger charge is 2.20. The van der Waals surface area contributed by atoms with Crippen LogP contribution in [0.25, 0.3) is 0 Å². The summed E-state index contributed by atoms with van der Waals surface area (Å²) >= 11 is 0. The minimum Gasteiger partial charge on any atom is -0.390 e. The molecule has 84 valence electrons. The standard InChI is InChI=1S/C11H18N2O2/c1-7(2)10(15)9(14)6-8-4-3-5-13-11(8)12/h3-5,7,9-10,14-15H,6H2,1-2H3,(H2,12,13). The molecule has 0 saturated carbocycles. The van der Waals surface area contributed by atoms with Crippen LogP contribution >= 0.6 is 0 Å². The number of nitrogen functional groups attached to an aromatic ring is 1. The van der Waals surface area contributed by atoms with E-state index in [0.717, 1.165) is 5.56 Å². The highest BCUT2D eigenvalue weighted by atomic mass is 16.3. The summed E-state index contributed by atoms with van der Waals surface area (Å²) in [5, 5.41) is 19.4. The van der Waals surface area contributed by atoms with Crippen molar-refractivity contribution >= 4 is 5.82 Å². The molecule has 0 amide bonds. The third-order valence-corrected chi connectivity index (χ3v) is 2.43. The molecule has 1 heterocycles. The third kappa shape index (κ3) is 3.18. The molecular weight excluding hydrogens is 192 g/mol. The number of anilines is 1. The number of aliphatic hydroxyl groups is 2. The molecule has 0 aliphatic rings. The molecule has 15 heavy (non-hydrogen) atoms. The van der Waals surface area contributed by atoms with Gasteiger partial charge in [0.15, 0.2) is 0 Å². The average Bonchev–Trinajstić information content (AvgIpc) is 2.20. The van der Waals surface area contributed by atoms with Crippen molar-refractivity contribution in [3.63, 3.8) is 0 Å². The maximum Gasteiger partial charge on any atom is 0.126 e. The number of pyridine rings is 1. The number of hydrogen-bond acceptors (Lipinski definition) is 4. The maximum atomic E-state index is 9.73. The first-order valence-electron chi connectivity index (χ1n) is 5.08. The molecule has 2 unspecified atom stereocenters. The van der Waals surface area contributed by atoms with Gasteiger partial charge in [-0.3, -0.25) is 0 Å². The van der Waals surface area contributed by atoms with E-state index >= 15 is 0 Å². The molecule has 0 fully saturated rings. The fraction of sp³-hybridized carbons (Fsp3) is 0.545. The molecule has 4 N–H and O–H groups in total. The summed E-state index contributed by atoms with van der Waals surface area (Å²) in [6.45, 7) is 3.72. The van der Waals surface area contributed by atoms with Crippen molar-refractivity contribution in [2.24, 2.45) is 5.92 Å². The van der Waals surface area contributed by atoms with Gasteiger partial charge < -0.3 is 15.9 Å². The zero-order valence-corrected chi connectivity index (χ0v) is 9.09. The van der Waals surface area contributed by atoms with Crippen molar-refractivity contribution in [1.29, 1.82) is 0 Å². The van der Waals surface area contributed by atoms with Gasteiger partial charge >= 0.3 is 0 Å². The summed E-state index contributed by atoms with van der Waals surface area (Å²) in [6, 6.07) is 3.57. The molecule has 0 aromatic carbocycles. The molecule has 4 heteroatoms. The molecule has 2 atom stereocenters. The summed E-state index contributed by atoms with van der Waals surface area (Å²) in [4.78, 5) is 3.92. The SMILES string of the molecule is CC(C)C(O)C(O)Cc1cccnc1N. The lowest BCUT2D eigenvalue weighted by Gasteiger charge is -2.21. The van der Waals surface area contributed by atoms with Crippen LogP contribution in [0.4, 0.5) is 5.82 Å². The Morgan fingerprint density at radius 2 is 2.07 bits per heavy atom. The van der Waals surface area contributed by atoms with Crippen LogP contribution < -0.4 is 5.73 Å². The van der Waals surface area contributed by atoms with E-state index in [4.69, 9.17) is 5.73 Å². The fourth-order valence-electron chi connectivity index (χ4n) is 1.41. The van der Waals surface area contributed by atoms with Crippen LogP contribution in [0.3, 0.4) is 0 Å². The minimum absolute atomic E-state index is 0.0258. The molecule has 0 aliphatic carbocycles. The highest BCUT2D eigenvalue weighted by Crippen LogP contribution is 2.14. The van der Waals surface area contributed by atoms with E-state index in [2.05, 4.69) is 4.98 Å². The first-order valence-corrected chi connectivity index (χ1v) is 5.08. The van der Waals surface area contributed by atoms with E-state index in [1.54, 1.807) is 18.3 Å². The van der Waals surface area contributed by atoms with E-state index in [9.17, 15) is 10.2 Å². The predicted octanol–water partition coefficient (Wildman–Crippen LogP) is 0.584. The molecule has 0 radical (unpaired) electrons. The van der Waals surface area contributed by atoms with Gasteiger partial charge in [0.05, 0.1) is 12.2 Å². The highest BCUT2D eigenvalue weighted by molar-refractivity contribution is 5.38. The molecule has 0 saturated heterocycles. The van der Waals surface area contributed by atoms with Gasteiger partial charge in [-0.25, -0.2) is 4.98 Å². The molecule has 1 aromatic heterocycles.